The van der Waals surface area contributed by atoms with E-state index in [9.17, 15) is 8.42 Å². The molecule has 7 nitrogen and oxygen atoms in total. The maximum Gasteiger partial charge on any atom is 0.244 e. The number of aromatic amines is 1. The Labute approximate surface area is 126 Å². The standard InChI is InChI=1S/C13H26N4O3S/c1-10(2)20-8-6-5-7-15-21(18,19)13-11(3)16-17-12(13)9-14-4/h10,14-15H,5-9H2,1-4H3,(H,16,17). The van der Waals surface area contributed by atoms with Crippen molar-refractivity contribution in [1.29, 1.82) is 0 Å². The summed E-state index contributed by atoms with van der Waals surface area (Å²) in [6.45, 7) is 7.11. The molecule has 3 N–H and O–H groups in total. The smallest absolute Gasteiger partial charge is 0.244 e. The first kappa shape index (κ1) is 18.1. The summed E-state index contributed by atoms with van der Waals surface area (Å²) in [6.07, 6.45) is 1.78. The van der Waals surface area contributed by atoms with Crippen LogP contribution < -0.4 is 10.0 Å². The number of unbranched alkanes of at least 4 members (excludes halogenated alkanes) is 1. The van der Waals surface area contributed by atoms with Crippen molar-refractivity contribution in [3.8, 4) is 0 Å². The van der Waals surface area contributed by atoms with Crippen LogP contribution in [0, 0.1) is 6.92 Å². The number of nitrogens with one attached hydrogen (secondary N) is 3. The van der Waals surface area contributed by atoms with Crippen LogP contribution in [-0.2, 0) is 21.3 Å². The lowest BCUT2D eigenvalue weighted by molar-refractivity contribution is 0.0762. The second-order valence-electron chi connectivity index (χ2n) is 5.18. The van der Waals surface area contributed by atoms with Gasteiger partial charge in [-0.15, -0.1) is 0 Å². The Hall–Kier alpha value is -0.960. The van der Waals surface area contributed by atoms with Gasteiger partial charge >= 0.3 is 0 Å². The number of aromatic nitrogens is 2. The van der Waals surface area contributed by atoms with Crippen LogP contribution in [0.2, 0.25) is 0 Å². The number of sulfonamides is 1. The third-order valence-electron chi connectivity index (χ3n) is 2.89. The summed E-state index contributed by atoms with van der Waals surface area (Å²) in [5.41, 5.74) is 1.06. The summed E-state index contributed by atoms with van der Waals surface area (Å²) in [4.78, 5) is 0.246. The molecule has 21 heavy (non-hydrogen) atoms. The minimum atomic E-state index is -3.53. The van der Waals surface area contributed by atoms with Gasteiger partial charge in [-0.2, -0.15) is 5.10 Å². The van der Waals surface area contributed by atoms with Crippen molar-refractivity contribution >= 4 is 10.0 Å². The van der Waals surface area contributed by atoms with Crippen molar-refractivity contribution in [3.05, 3.63) is 11.4 Å². The molecular weight excluding hydrogens is 292 g/mol. The Morgan fingerprint density at radius 3 is 2.67 bits per heavy atom. The lowest BCUT2D eigenvalue weighted by Gasteiger charge is -2.09. The molecule has 0 atom stereocenters. The first-order valence-electron chi connectivity index (χ1n) is 7.18. The Morgan fingerprint density at radius 1 is 1.33 bits per heavy atom. The van der Waals surface area contributed by atoms with E-state index < -0.39 is 10.0 Å². The highest BCUT2D eigenvalue weighted by molar-refractivity contribution is 7.89. The third kappa shape index (κ3) is 5.74. The molecule has 0 saturated carbocycles. The van der Waals surface area contributed by atoms with Gasteiger partial charge < -0.3 is 10.1 Å². The molecule has 0 unspecified atom stereocenters. The van der Waals surface area contributed by atoms with E-state index in [0.717, 1.165) is 12.8 Å². The first-order chi connectivity index (χ1) is 9.88. The number of hydrogen-bond donors (Lipinski definition) is 3. The zero-order chi connectivity index (χ0) is 15.9. The second-order valence-corrected chi connectivity index (χ2v) is 6.88. The van der Waals surface area contributed by atoms with Crippen LogP contribution in [0.5, 0.6) is 0 Å². The van der Waals surface area contributed by atoms with E-state index in [1.807, 2.05) is 13.8 Å². The van der Waals surface area contributed by atoms with Crippen LogP contribution in [0.15, 0.2) is 4.90 Å². The summed E-state index contributed by atoms with van der Waals surface area (Å²) in [5, 5.41) is 9.66. The van der Waals surface area contributed by atoms with Crippen LogP contribution >= 0.6 is 0 Å². The van der Waals surface area contributed by atoms with Crippen LogP contribution in [0.1, 0.15) is 38.1 Å². The molecule has 1 aromatic rings. The van der Waals surface area contributed by atoms with E-state index in [2.05, 4.69) is 20.2 Å². The molecule has 0 aromatic carbocycles. The molecule has 0 fully saturated rings. The van der Waals surface area contributed by atoms with Gasteiger partial charge in [0.05, 0.1) is 17.5 Å². The molecule has 122 valence electrons. The van der Waals surface area contributed by atoms with Gasteiger partial charge in [-0.1, -0.05) is 0 Å². The van der Waals surface area contributed by atoms with Gasteiger partial charge in [0.15, 0.2) is 0 Å². The van der Waals surface area contributed by atoms with Gasteiger partial charge in [0, 0.05) is 19.7 Å². The Morgan fingerprint density at radius 2 is 2.05 bits per heavy atom. The number of hydrogen-bond acceptors (Lipinski definition) is 5. The highest BCUT2D eigenvalue weighted by Crippen LogP contribution is 2.17. The summed E-state index contributed by atoms with van der Waals surface area (Å²) < 4.78 is 32.7. The molecule has 1 heterocycles. The van der Waals surface area contributed by atoms with Crippen LogP contribution in [0.4, 0.5) is 0 Å². The topological polar surface area (TPSA) is 96.1 Å². The maximum absolute atomic E-state index is 12.3. The number of nitrogens with zero attached hydrogens (tertiary/aromatic N) is 1. The largest absolute Gasteiger partial charge is 0.379 e. The molecule has 0 aliphatic rings. The fourth-order valence-electron chi connectivity index (χ4n) is 1.94. The molecule has 0 amide bonds. The maximum atomic E-state index is 12.3. The number of ether oxygens (including phenoxy) is 1. The summed E-state index contributed by atoms with van der Waals surface area (Å²) in [7, 11) is -1.78. The van der Waals surface area contributed by atoms with E-state index in [-0.39, 0.29) is 11.0 Å². The lowest BCUT2D eigenvalue weighted by atomic mass is 10.3. The summed E-state index contributed by atoms with van der Waals surface area (Å²) in [5.74, 6) is 0. The van der Waals surface area contributed by atoms with E-state index in [0.29, 0.717) is 31.1 Å². The predicted molar refractivity (Wildman–Crippen MR) is 81.6 cm³/mol. The molecule has 0 aliphatic carbocycles. The zero-order valence-corrected chi connectivity index (χ0v) is 14.0. The molecule has 0 saturated heterocycles. The lowest BCUT2D eigenvalue weighted by Crippen LogP contribution is -2.27. The normalized spacial score (nSPS) is 12.2. The molecule has 8 heteroatoms. The van der Waals surface area contributed by atoms with Gasteiger partial charge in [0.1, 0.15) is 4.90 Å². The average Bonchev–Trinajstić information content (AvgIpc) is 2.75. The fourth-order valence-corrected chi connectivity index (χ4v) is 3.37. The van der Waals surface area contributed by atoms with Crippen molar-refractivity contribution < 1.29 is 13.2 Å². The highest BCUT2D eigenvalue weighted by Gasteiger charge is 2.23. The number of H-pyrrole nitrogens is 1. The number of rotatable bonds is 10. The Balaban J connectivity index is 2.52. The van der Waals surface area contributed by atoms with Gasteiger partial charge in [-0.3, -0.25) is 5.10 Å². The van der Waals surface area contributed by atoms with Crippen LogP contribution in [0.25, 0.3) is 0 Å². The first-order valence-corrected chi connectivity index (χ1v) is 8.66. The summed E-state index contributed by atoms with van der Waals surface area (Å²) >= 11 is 0. The zero-order valence-electron chi connectivity index (χ0n) is 13.2. The van der Waals surface area contributed by atoms with E-state index in [4.69, 9.17) is 4.74 Å². The Bertz CT molecular complexity index is 526. The Kier molecular flexibility index (Phi) is 7.30. The predicted octanol–water partition coefficient (Wildman–Crippen LogP) is 0.921. The van der Waals surface area contributed by atoms with Crippen LogP contribution in [0.3, 0.4) is 0 Å². The van der Waals surface area contributed by atoms with Gasteiger partial charge in [-0.05, 0) is 40.7 Å². The third-order valence-corrected chi connectivity index (χ3v) is 4.55. The van der Waals surface area contributed by atoms with Crippen LogP contribution in [-0.4, -0.2) is 44.9 Å². The van der Waals surface area contributed by atoms with Crippen molar-refractivity contribution in [3.63, 3.8) is 0 Å². The van der Waals surface area contributed by atoms with E-state index in [1.165, 1.54) is 0 Å². The van der Waals surface area contributed by atoms with Crippen molar-refractivity contribution in [2.45, 2.75) is 51.2 Å². The van der Waals surface area contributed by atoms with Gasteiger partial charge in [0.25, 0.3) is 0 Å². The minimum absolute atomic E-state index is 0.208. The van der Waals surface area contributed by atoms with E-state index in [1.54, 1.807) is 14.0 Å². The summed E-state index contributed by atoms with van der Waals surface area (Å²) in [6, 6.07) is 0. The molecule has 1 rings (SSSR count). The van der Waals surface area contributed by atoms with Gasteiger partial charge in [-0.25, -0.2) is 13.1 Å². The van der Waals surface area contributed by atoms with Gasteiger partial charge in [0.2, 0.25) is 10.0 Å². The highest BCUT2D eigenvalue weighted by atomic mass is 32.2. The van der Waals surface area contributed by atoms with Crippen molar-refractivity contribution in [2.24, 2.45) is 0 Å². The minimum Gasteiger partial charge on any atom is -0.379 e. The molecule has 0 bridgehead atoms. The monoisotopic (exact) mass is 318 g/mol. The molecule has 0 spiro atoms. The fraction of sp³-hybridized carbons (Fsp3) is 0.769. The SMILES string of the molecule is CNCc1n[nH]c(C)c1S(=O)(=O)NCCCCOC(C)C. The molecule has 0 aliphatic heterocycles. The quantitative estimate of drug-likeness (QED) is 0.558. The van der Waals surface area contributed by atoms with E-state index >= 15 is 0 Å². The average molecular weight is 318 g/mol. The second kappa shape index (κ2) is 8.47. The molecule has 1 aromatic heterocycles. The van der Waals surface area contributed by atoms with Crippen molar-refractivity contribution in [2.75, 3.05) is 20.2 Å². The van der Waals surface area contributed by atoms with Crippen molar-refractivity contribution in [1.82, 2.24) is 20.2 Å². The molecule has 0 radical (unpaired) electrons. The molecular formula is C13H26N4O3S. The number of aryl methyl sites for hydroxylation is 1.